The first-order valence-corrected chi connectivity index (χ1v) is 3.36. The molecule has 52 valence electrons. The van der Waals surface area contributed by atoms with Gasteiger partial charge in [0, 0.05) is 5.88 Å². The van der Waals surface area contributed by atoms with E-state index in [0.717, 1.165) is 12.8 Å². The van der Waals surface area contributed by atoms with Gasteiger partial charge in [0.1, 0.15) is 0 Å². The normalized spacial score (nSPS) is 12.6. The standard InChI is InChI=1S/C6H11ClN2/c1-2-6(9-8)4-3-5-7/h1,6,9H,3-5,8H2. The van der Waals surface area contributed by atoms with Gasteiger partial charge < -0.3 is 0 Å². The zero-order valence-corrected chi connectivity index (χ0v) is 5.99. The van der Waals surface area contributed by atoms with Crippen LogP contribution in [0, 0.1) is 12.3 Å². The molecule has 0 aliphatic rings. The van der Waals surface area contributed by atoms with Gasteiger partial charge in [-0.25, -0.2) is 5.43 Å². The van der Waals surface area contributed by atoms with E-state index in [1.165, 1.54) is 0 Å². The fraction of sp³-hybridized carbons (Fsp3) is 0.667. The zero-order chi connectivity index (χ0) is 7.11. The Hall–Kier alpha value is -0.230. The number of alkyl halides is 1. The van der Waals surface area contributed by atoms with E-state index in [0.29, 0.717) is 5.88 Å². The van der Waals surface area contributed by atoms with E-state index in [1.54, 1.807) is 0 Å². The second-order valence-corrected chi connectivity index (χ2v) is 2.10. The molecule has 2 nitrogen and oxygen atoms in total. The van der Waals surface area contributed by atoms with Crippen LogP contribution in [0.5, 0.6) is 0 Å². The zero-order valence-electron chi connectivity index (χ0n) is 5.23. The van der Waals surface area contributed by atoms with E-state index >= 15 is 0 Å². The maximum atomic E-state index is 5.42. The van der Waals surface area contributed by atoms with Crippen LogP contribution < -0.4 is 11.3 Å². The summed E-state index contributed by atoms with van der Waals surface area (Å²) in [7, 11) is 0. The van der Waals surface area contributed by atoms with Gasteiger partial charge in [0.25, 0.3) is 0 Å². The predicted octanol–water partition coefficient (Wildman–Crippen LogP) is 0.471. The Morgan fingerprint density at radius 3 is 2.78 bits per heavy atom. The van der Waals surface area contributed by atoms with Crippen LogP contribution in [0.3, 0.4) is 0 Å². The minimum Gasteiger partial charge on any atom is -0.270 e. The molecule has 9 heavy (non-hydrogen) atoms. The van der Waals surface area contributed by atoms with Crippen molar-refractivity contribution >= 4 is 11.6 Å². The highest BCUT2D eigenvalue weighted by Crippen LogP contribution is 1.95. The summed E-state index contributed by atoms with van der Waals surface area (Å²) in [4.78, 5) is 0. The maximum absolute atomic E-state index is 5.42. The van der Waals surface area contributed by atoms with Crippen LogP contribution in [0.15, 0.2) is 0 Å². The fourth-order valence-electron chi connectivity index (χ4n) is 0.496. The van der Waals surface area contributed by atoms with E-state index in [1.807, 2.05) is 0 Å². The Labute approximate surface area is 60.7 Å². The Balaban J connectivity index is 3.23. The lowest BCUT2D eigenvalue weighted by Gasteiger charge is -2.05. The molecule has 1 unspecified atom stereocenters. The van der Waals surface area contributed by atoms with Gasteiger partial charge >= 0.3 is 0 Å². The van der Waals surface area contributed by atoms with Crippen LogP contribution in [0.1, 0.15) is 12.8 Å². The molecule has 0 aromatic heterocycles. The third-order valence-corrected chi connectivity index (χ3v) is 1.30. The summed E-state index contributed by atoms with van der Waals surface area (Å²) in [5, 5.41) is 0. The second kappa shape index (κ2) is 5.90. The maximum Gasteiger partial charge on any atom is 0.0815 e. The van der Waals surface area contributed by atoms with Gasteiger partial charge in [-0.05, 0) is 12.8 Å². The largest absolute Gasteiger partial charge is 0.270 e. The van der Waals surface area contributed by atoms with Gasteiger partial charge in [0.15, 0.2) is 0 Å². The van der Waals surface area contributed by atoms with E-state index in [4.69, 9.17) is 23.9 Å². The lowest BCUT2D eigenvalue weighted by molar-refractivity contribution is 0.586. The van der Waals surface area contributed by atoms with E-state index in [2.05, 4.69) is 11.3 Å². The number of hydrogen-bond acceptors (Lipinski definition) is 2. The summed E-state index contributed by atoms with van der Waals surface area (Å²) in [6.07, 6.45) is 6.84. The van der Waals surface area contributed by atoms with Crippen molar-refractivity contribution in [3.8, 4) is 12.3 Å². The first-order valence-electron chi connectivity index (χ1n) is 2.83. The molecule has 3 N–H and O–H groups in total. The summed E-state index contributed by atoms with van der Waals surface area (Å²) in [6.45, 7) is 0. The number of terminal acetylenes is 1. The lowest BCUT2D eigenvalue weighted by Crippen LogP contribution is -2.33. The van der Waals surface area contributed by atoms with Crippen molar-refractivity contribution in [2.45, 2.75) is 18.9 Å². The molecule has 1 atom stereocenters. The van der Waals surface area contributed by atoms with Crippen molar-refractivity contribution < 1.29 is 0 Å². The molecule has 0 aromatic carbocycles. The molecule has 0 aromatic rings. The SMILES string of the molecule is C#CC(CCCCl)NN. The Morgan fingerprint density at radius 2 is 2.44 bits per heavy atom. The molecule has 0 amide bonds. The van der Waals surface area contributed by atoms with Crippen molar-refractivity contribution in [2.75, 3.05) is 5.88 Å². The quantitative estimate of drug-likeness (QED) is 0.262. The smallest absolute Gasteiger partial charge is 0.0815 e. The third kappa shape index (κ3) is 4.28. The monoisotopic (exact) mass is 146 g/mol. The topological polar surface area (TPSA) is 38.0 Å². The molecule has 0 aliphatic carbocycles. The number of hydrogen-bond donors (Lipinski definition) is 2. The molecule has 0 rings (SSSR count). The summed E-state index contributed by atoms with van der Waals surface area (Å²) in [5.41, 5.74) is 2.49. The second-order valence-electron chi connectivity index (χ2n) is 1.72. The molecule has 0 fully saturated rings. The highest BCUT2D eigenvalue weighted by Gasteiger charge is 1.98. The summed E-state index contributed by atoms with van der Waals surface area (Å²) < 4.78 is 0. The Morgan fingerprint density at radius 1 is 1.78 bits per heavy atom. The average Bonchev–Trinajstić information content (AvgIpc) is 1.91. The van der Waals surface area contributed by atoms with Crippen molar-refractivity contribution in [1.29, 1.82) is 0 Å². The van der Waals surface area contributed by atoms with Crippen LogP contribution in [-0.2, 0) is 0 Å². The van der Waals surface area contributed by atoms with Crippen molar-refractivity contribution in [2.24, 2.45) is 5.84 Å². The van der Waals surface area contributed by atoms with E-state index < -0.39 is 0 Å². The third-order valence-electron chi connectivity index (χ3n) is 1.03. The molecule has 0 aliphatic heterocycles. The number of halogens is 1. The molecular weight excluding hydrogens is 136 g/mol. The van der Waals surface area contributed by atoms with Gasteiger partial charge in [-0.3, -0.25) is 5.84 Å². The van der Waals surface area contributed by atoms with Crippen LogP contribution in [0.4, 0.5) is 0 Å². The fourth-order valence-corrected chi connectivity index (χ4v) is 0.650. The summed E-state index contributed by atoms with van der Waals surface area (Å²) >= 11 is 5.42. The molecule has 0 radical (unpaired) electrons. The van der Waals surface area contributed by atoms with Crippen molar-refractivity contribution in [3.05, 3.63) is 0 Å². The van der Waals surface area contributed by atoms with Gasteiger partial charge in [0.05, 0.1) is 6.04 Å². The molecule has 3 heteroatoms. The van der Waals surface area contributed by atoms with Gasteiger partial charge in [-0.15, -0.1) is 18.0 Å². The highest BCUT2D eigenvalue weighted by atomic mass is 35.5. The van der Waals surface area contributed by atoms with Crippen LogP contribution in [-0.4, -0.2) is 11.9 Å². The van der Waals surface area contributed by atoms with E-state index in [-0.39, 0.29) is 6.04 Å². The van der Waals surface area contributed by atoms with Gasteiger partial charge in [0.2, 0.25) is 0 Å². The Bertz CT molecular complexity index is 97.7. The van der Waals surface area contributed by atoms with Crippen LogP contribution >= 0.6 is 11.6 Å². The number of nitrogens with two attached hydrogens (primary N) is 1. The predicted molar refractivity (Wildman–Crippen MR) is 39.9 cm³/mol. The lowest BCUT2D eigenvalue weighted by atomic mass is 10.2. The average molecular weight is 147 g/mol. The highest BCUT2D eigenvalue weighted by molar-refractivity contribution is 6.17. The number of rotatable bonds is 4. The van der Waals surface area contributed by atoms with E-state index in [9.17, 15) is 0 Å². The molecule has 0 spiro atoms. The van der Waals surface area contributed by atoms with Gasteiger partial charge in [-0.2, -0.15) is 0 Å². The van der Waals surface area contributed by atoms with Gasteiger partial charge in [-0.1, -0.05) is 5.92 Å². The Kier molecular flexibility index (Phi) is 5.75. The molecule has 0 saturated carbocycles. The first-order chi connectivity index (χ1) is 4.35. The van der Waals surface area contributed by atoms with Crippen LogP contribution in [0.2, 0.25) is 0 Å². The summed E-state index contributed by atoms with van der Waals surface area (Å²) in [6, 6.07) is -0.0243. The molecule has 0 heterocycles. The molecule has 0 saturated heterocycles. The minimum atomic E-state index is -0.0243. The van der Waals surface area contributed by atoms with Crippen molar-refractivity contribution in [3.63, 3.8) is 0 Å². The number of nitrogens with one attached hydrogen (secondary N) is 1. The van der Waals surface area contributed by atoms with Crippen molar-refractivity contribution in [1.82, 2.24) is 5.43 Å². The number of hydrazine groups is 1. The first kappa shape index (κ1) is 8.77. The van der Waals surface area contributed by atoms with Crippen LogP contribution in [0.25, 0.3) is 0 Å². The molecular formula is C6H11ClN2. The minimum absolute atomic E-state index is 0.0243. The molecule has 0 bridgehead atoms. The summed E-state index contributed by atoms with van der Waals surface area (Å²) in [5.74, 6) is 8.22.